The lowest BCUT2D eigenvalue weighted by Crippen LogP contribution is -2.09. The molecule has 0 radical (unpaired) electrons. The van der Waals surface area contributed by atoms with E-state index in [-0.39, 0.29) is 0 Å². The van der Waals surface area contributed by atoms with E-state index in [9.17, 15) is 0 Å². The smallest absolute Gasteiger partial charge is 0.0598 e. The number of nitrogens with zero attached hydrogens (tertiary/aromatic N) is 1. The zero-order chi connectivity index (χ0) is 7.98. The van der Waals surface area contributed by atoms with Gasteiger partial charge in [-0.25, -0.2) is 0 Å². The molecule has 2 nitrogen and oxygen atoms in total. The van der Waals surface area contributed by atoms with Crippen LogP contribution in [0.5, 0.6) is 0 Å². The molecule has 0 aromatic heterocycles. The van der Waals surface area contributed by atoms with Gasteiger partial charge in [0, 0.05) is 0 Å². The SMILES string of the molecule is CCC/C(=N\O)C(C)CC. The summed E-state index contributed by atoms with van der Waals surface area (Å²) in [5.74, 6) is 0.435. The maximum atomic E-state index is 8.55. The van der Waals surface area contributed by atoms with Gasteiger partial charge >= 0.3 is 0 Å². The molecule has 0 saturated carbocycles. The van der Waals surface area contributed by atoms with Crippen molar-refractivity contribution in [2.45, 2.75) is 40.0 Å². The number of hydrogen-bond acceptors (Lipinski definition) is 2. The van der Waals surface area contributed by atoms with Crippen LogP contribution in [-0.4, -0.2) is 10.9 Å². The Balaban J connectivity index is 3.82. The first kappa shape index (κ1) is 9.47. The van der Waals surface area contributed by atoms with Crippen LogP contribution in [0, 0.1) is 5.92 Å². The molecular formula is C8H17NO. The molecule has 0 rings (SSSR count). The molecule has 1 unspecified atom stereocenters. The zero-order valence-electron chi connectivity index (χ0n) is 7.09. The van der Waals surface area contributed by atoms with Crippen molar-refractivity contribution in [1.82, 2.24) is 0 Å². The fourth-order valence-electron chi connectivity index (χ4n) is 0.887. The monoisotopic (exact) mass is 143 g/mol. The number of oxime groups is 1. The van der Waals surface area contributed by atoms with Crippen LogP contribution in [0.3, 0.4) is 0 Å². The summed E-state index contributed by atoms with van der Waals surface area (Å²) in [6.07, 6.45) is 3.04. The molecule has 0 aliphatic heterocycles. The maximum absolute atomic E-state index is 8.55. The van der Waals surface area contributed by atoms with E-state index in [1.54, 1.807) is 0 Å². The highest BCUT2D eigenvalue weighted by Gasteiger charge is 2.06. The Hall–Kier alpha value is -0.530. The lowest BCUT2D eigenvalue weighted by atomic mass is 9.99. The first-order valence-electron chi connectivity index (χ1n) is 3.97. The Morgan fingerprint density at radius 1 is 1.50 bits per heavy atom. The standard InChI is InChI=1S/C8H17NO/c1-4-6-8(9-10)7(3)5-2/h7,10H,4-6H2,1-3H3/b9-8+. The second kappa shape index (κ2) is 5.27. The molecule has 0 heterocycles. The van der Waals surface area contributed by atoms with Crippen LogP contribution >= 0.6 is 0 Å². The molecule has 0 amide bonds. The molecule has 2 heteroatoms. The lowest BCUT2D eigenvalue weighted by molar-refractivity contribution is 0.313. The fourth-order valence-corrected chi connectivity index (χ4v) is 0.887. The van der Waals surface area contributed by atoms with Gasteiger partial charge in [0.15, 0.2) is 0 Å². The van der Waals surface area contributed by atoms with Gasteiger partial charge in [0.1, 0.15) is 0 Å². The first-order valence-corrected chi connectivity index (χ1v) is 3.97. The van der Waals surface area contributed by atoms with Crippen LogP contribution < -0.4 is 0 Å². The second-order valence-corrected chi connectivity index (χ2v) is 2.65. The van der Waals surface area contributed by atoms with Crippen molar-refractivity contribution in [3.63, 3.8) is 0 Å². The molecule has 1 atom stereocenters. The van der Waals surface area contributed by atoms with Crippen molar-refractivity contribution in [2.75, 3.05) is 0 Å². The summed E-state index contributed by atoms with van der Waals surface area (Å²) in [7, 11) is 0. The Morgan fingerprint density at radius 3 is 2.40 bits per heavy atom. The maximum Gasteiger partial charge on any atom is 0.0598 e. The predicted molar refractivity (Wildman–Crippen MR) is 43.6 cm³/mol. The van der Waals surface area contributed by atoms with Gasteiger partial charge < -0.3 is 5.21 Å². The zero-order valence-corrected chi connectivity index (χ0v) is 7.09. The molecular weight excluding hydrogens is 126 g/mol. The quantitative estimate of drug-likeness (QED) is 0.366. The molecule has 0 bridgehead atoms. The highest BCUT2D eigenvalue weighted by atomic mass is 16.4. The third kappa shape index (κ3) is 2.85. The van der Waals surface area contributed by atoms with Gasteiger partial charge in [0.2, 0.25) is 0 Å². The highest BCUT2D eigenvalue weighted by Crippen LogP contribution is 2.08. The number of hydrogen-bond donors (Lipinski definition) is 1. The average Bonchev–Trinajstić information content (AvgIpc) is 1.99. The molecule has 0 aromatic carbocycles. The summed E-state index contributed by atoms with van der Waals surface area (Å²) in [5.41, 5.74) is 0.935. The van der Waals surface area contributed by atoms with Crippen molar-refractivity contribution in [1.29, 1.82) is 0 Å². The molecule has 0 aromatic rings. The van der Waals surface area contributed by atoms with Gasteiger partial charge in [-0.3, -0.25) is 0 Å². The molecule has 0 aliphatic carbocycles. The molecule has 0 saturated heterocycles. The van der Waals surface area contributed by atoms with E-state index in [0.29, 0.717) is 5.92 Å². The van der Waals surface area contributed by atoms with Crippen LogP contribution in [0.4, 0.5) is 0 Å². The van der Waals surface area contributed by atoms with E-state index in [4.69, 9.17) is 5.21 Å². The Morgan fingerprint density at radius 2 is 2.10 bits per heavy atom. The van der Waals surface area contributed by atoms with Crippen molar-refractivity contribution >= 4 is 5.71 Å². The summed E-state index contributed by atoms with van der Waals surface area (Å²) in [6.45, 7) is 6.28. The minimum absolute atomic E-state index is 0.435. The normalized spacial score (nSPS) is 15.3. The van der Waals surface area contributed by atoms with E-state index in [2.05, 4.69) is 25.9 Å². The molecule has 0 aliphatic rings. The van der Waals surface area contributed by atoms with Gasteiger partial charge in [-0.15, -0.1) is 0 Å². The van der Waals surface area contributed by atoms with Crippen LogP contribution in [0.1, 0.15) is 40.0 Å². The van der Waals surface area contributed by atoms with E-state index in [0.717, 1.165) is 25.0 Å². The Kier molecular flexibility index (Phi) is 4.99. The van der Waals surface area contributed by atoms with Crippen LogP contribution in [-0.2, 0) is 0 Å². The summed E-state index contributed by atoms with van der Waals surface area (Å²) < 4.78 is 0. The van der Waals surface area contributed by atoms with Crippen LogP contribution in [0.2, 0.25) is 0 Å². The molecule has 60 valence electrons. The van der Waals surface area contributed by atoms with Crippen molar-refractivity contribution in [3.05, 3.63) is 0 Å². The average molecular weight is 143 g/mol. The second-order valence-electron chi connectivity index (χ2n) is 2.65. The summed E-state index contributed by atoms with van der Waals surface area (Å²) in [4.78, 5) is 0. The first-order chi connectivity index (χ1) is 4.76. The molecule has 10 heavy (non-hydrogen) atoms. The highest BCUT2D eigenvalue weighted by molar-refractivity contribution is 5.85. The topological polar surface area (TPSA) is 32.6 Å². The van der Waals surface area contributed by atoms with Gasteiger partial charge in [0.25, 0.3) is 0 Å². The van der Waals surface area contributed by atoms with Gasteiger partial charge in [-0.05, 0) is 18.8 Å². The minimum Gasteiger partial charge on any atom is -0.411 e. The van der Waals surface area contributed by atoms with Crippen LogP contribution in [0.15, 0.2) is 5.16 Å². The predicted octanol–water partition coefficient (Wildman–Crippen LogP) is 2.66. The molecule has 1 N–H and O–H groups in total. The van der Waals surface area contributed by atoms with Gasteiger partial charge in [-0.1, -0.05) is 32.3 Å². The van der Waals surface area contributed by atoms with Crippen molar-refractivity contribution < 1.29 is 5.21 Å². The van der Waals surface area contributed by atoms with Gasteiger partial charge in [-0.2, -0.15) is 0 Å². The van der Waals surface area contributed by atoms with E-state index in [1.165, 1.54) is 0 Å². The van der Waals surface area contributed by atoms with E-state index < -0.39 is 0 Å². The van der Waals surface area contributed by atoms with E-state index in [1.807, 2.05) is 0 Å². The fraction of sp³-hybridized carbons (Fsp3) is 0.875. The molecule has 0 fully saturated rings. The Bertz CT molecular complexity index is 110. The van der Waals surface area contributed by atoms with E-state index >= 15 is 0 Å². The molecule has 0 spiro atoms. The van der Waals surface area contributed by atoms with Crippen molar-refractivity contribution in [3.8, 4) is 0 Å². The lowest BCUT2D eigenvalue weighted by Gasteiger charge is -2.08. The third-order valence-electron chi connectivity index (χ3n) is 1.82. The Labute approximate surface area is 62.9 Å². The largest absolute Gasteiger partial charge is 0.411 e. The third-order valence-corrected chi connectivity index (χ3v) is 1.82. The minimum atomic E-state index is 0.435. The summed E-state index contributed by atoms with van der Waals surface area (Å²) in [6, 6.07) is 0. The van der Waals surface area contributed by atoms with Crippen LogP contribution in [0.25, 0.3) is 0 Å². The van der Waals surface area contributed by atoms with Crippen molar-refractivity contribution in [2.24, 2.45) is 11.1 Å². The summed E-state index contributed by atoms with van der Waals surface area (Å²) >= 11 is 0. The summed E-state index contributed by atoms with van der Waals surface area (Å²) in [5, 5.41) is 11.8. The van der Waals surface area contributed by atoms with Gasteiger partial charge in [0.05, 0.1) is 5.71 Å². The number of rotatable bonds is 4.